The normalized spacial score (nSPS) is 27.1. The maximum atomic E-state index is 5.61. The number of unbranched alkanes of at least 4 members (excludes halogenated alkanes) is 1. The molecule has 2 aliphatic carbocycles. The highest BCUT2D eigenvalue weighted by Crippen LogP contribution is 2.44. The minimum atomic E-state index is 0.747. The van der Waals surface area contributed by atoms with Crippen LogP contribution in [0.2, 0.25) is 0 Å². The Kier molecular flexibility index (Phi) is 5.65. The molecule has 2 nitrogen and oxygen atoms in total. The summed E-state index contributed by atoms with van der Waals surface area (Å²) in [6, 6.07) is 7.47. The molecule has 1 aromatic carbocycles. The maximum absolute atomic E-state index is 5.61. The molecule has 0 bridgehead atoms. The Morgan fingerprint density at radius 3 is 2.76 bits per heavy atom. The SMILES string of the molecule is COc1cccc2c1CC[C@H]1[C@@H]2CCN1CCCCC1CCCCC1. The van der Waals surface area contributed by atoms with Crippen LogP contribution < -0.4 is 4.74 Å². The van der Waals surface area contributed by atoms with Crippen molar-refractivity contribution in [1.29, 1.82) is 0 Å². The van der Waals surface area contributed by atoms with Crippen LogP contribution in [0.5, 0.6) is 5.75 Å². The molecule has 1 saturated carbocycles. The molecule has 0 spiro atoms. The zero-order valence-electron chi connectivity index (χ0n) is 16.0. The van der Waals surface area contributed by atoms with E-state index in [4.69, 9.17) is 4.74 Å². The van der Waals surface area contributed by atoms with Crippen molar-refractivity contribution in [1.82, 2.24) is 4.90 Å². The van der Waals surface area contributed by atoms with Gasteiger partial charge in [-0.25, -0.2) is 0 Å². The van der Waals surface area contributed by atoms with E-state index in [1.54, 1.807) is 5.56 Å². The van der Waals surface area contributed by atoms with E-state index < -0.39 is 0 Å². The molecule has 2 fully saturated rings. The first-order valence-corrected chi connectivity index (χ1v) is 10.8. The summed E-state index contributed by atoms with van der Waals surface area (Å²) in [5.41, 5.74) is 3.07. The Morgan fingerprint density at radius 2 is 1.92 bits per heavy atom. The van der Waals surface area contributed by atoms with Gasteiger partial charge in [-0.15, -0.1) is 0 Å². The van der Waals surface area contributed by atoms with Crippen molar-refractivity contribution < 1.29 is 4.74 Å². The second-order valence-corrected chi connectivity index (χ2v) is 8.57. The number of methoxy groups -OCH3 is 1. The van der Waals surface area contributed by atoms with E-state index in [0.29, 0.717) is 0 Å². The molecule has 2 atom stereocenters. The third-order valence-corrected chi connectivity index (χ3v) is 7.17. The number of rotatable bonds is 6. The van der Waals surface area contributed by atoms with Gasteiger partial charge in [-0.3, -0.25) is 4.90 Å². The lowest BCUT2D eigenvalue weighted by molar-refractivity contribution is 0.217. The molecule has 0 N–H and O–H groups in total. The molecule has 0 amide bonds. The zero-order valence-corrected chi connectivity index (χ0v) is 16.0. The fourth-order valence-electron chi connectivity index (χ4n) is 5.85. The van der Waals surface area contributed by atoms with Crippen LogP contribution in [0.3, 0.4) is 0 Å². The van der Waals surface area contributed by atoms with E-state index in [1.165, 1.54) is 89.3 Å². The van der Waals surface area contributed by atoms with Gasteiger partial charge >= 0.3 is 0 Å². The number of likely N-dealkylation sites (tertiary alicyclic amines) is 1. The van der Waals surface area contributed by atoms with E-state index in [2.05, 4.69) is 23.1 Å². The van der Waals surface area contributed by atoms with Crippen molar-refractivity contribution in [2.24, 2.45) is 5.92 Å². The lowest BCUT2D eigenvalue weighted by Gasteiger charge is -2.34. The number of hydrogen-bond donors (Lipinski definition) is 0. The highest BCUT2D eigenvalue weighted by atomic mass is 16.5. The lowest BCUT2D eigenvalue weighted by Crippen LogP contribution is -2.35. The van der Waals surface area contributed by atoms with Crippen LogP contribution in [0.25, 0.3) is 0 Å². The summed E-state index contributed by atoms with van der Waals surface area (Å²) in [6.07, 6.45) is 15.7. The highest BCUT2D eigenvalue weighted by molar-refractivity contribution is 5.45. The molecule has 25 heavy (non-hydrogen) atoms. The molecule has 3 aliphatic rings. The predicted molar refractivity (Wildman–Crippen MR) is 104 cm³/mol. The largest absolute Gasteiger partial charge is 0.496 e. The minimum absolute atomic E-state index is 0.747. The molecule has 0 aromatic heterocycles. The van der Waals surface area contributed by atoms with Gasteiger partial charge in [-0.1, -0.05) is 57.1 Å². The molecule has 1 aliphatic heterocycles. The molecular formula is C23H35NO. The first-order valence-electron chi connectivity index (χ1n) is 10.8. The van der Waals surface area contributed by atoms with Crippen molar-refractivity contribution in [3.05, 3.63) is 29.3 Å². The van der Waals surface area contributed by atoms with Gasteiger partial charge in [0.25, 0.3) is 0 Å². The second kappa shape index (κ2) is 8.12. The fourth-order valence-corrected chi connectivity index (χ4v) is 5.85. The fraction of sp³-hybridized carbons (Fsp3) is 0.739. The van der Waals surface area contributed by atoms with Crippen LogP contribution in [0.4, 0.5) is 0 Å². The minimum Gasteiger partial charge on any atom is -0.496 e. The van der Waals surface area contributed by atoms with Crippen molar-refractivity contribution in [3.63, 3.8) is 0 Å². The van der Waals surface area contributed by atoms with Gasteiger partial charge < -0.3 is 4.74 Å². The van der Waals surface area contributed by atoms with Crippen LogP contribution in [0, 0.1) is 5.92 Å². The van der Waals surface area contributed by atoms with Gasteiger partial charge in [0.2, 0.25) is 0 Å². The van der Waals surface area contributed by atoms with E-state index >= 15 is 0 Å². The second-order valence-electron chi connectivity index (χ2n) is 8.57. The molecule has 2 heteroatoms. The van der Waals surface area contributed by atoms with E-state index in [0.717, 1.165) is 23.6 Å². The molecule has 4 rings (SSSR count). The van der Waals surface area contributed by atoms with Crippen LogP contribution in [0.1, 0.15) is 81.3 Å². The molecule has 138 valence electrons. The van der Waals surface area contributed by atoms with Crippen LogP contribution in [-0.2, 0) is 6.42 Å². The summed E-state index contributed by atoms with van der Waals surface area (Å²) in [5, 5.41) is 0. The molecule has 0 radical (unpaired) electrons. The highest BCUT2D eigenvalue weighted by Gasteiger charge is 2.38. The maximum Gasteiger partial charge on any atom is 0.122 e. The van der Waals surface area contributed by atoms with Crippen molar-refractivity contribution in [2.45, 2.75) is 82.6 Å². The third-order valence-electron chi connectivity index (χ3n) is 7.17. The van der Waals surface area contributed by atoms with E-state index in [-0.39, 0.29) is 0 Å². The van der Waals surface area contributed by atoms with Crippen LogP contribution in [0.15, 0.2) is 18.2 Å². The monoisotopic (exact) mass is 341 g/mol. The lowest BCUT2D eigenvalue weighted by atomic mass is 9.79. The predicted octanol–water partition coefficient (Wildman–Crippen LogP) is 5.55. The summed E-state index contributed by atoms with van der Waals surface area (Å²) in [4.78, 5) is 2.81. The van der Waals surface area contributed by atoms with Crippen LogP contribution >= 0.6 is 0 Å². The summed E-state index contributed by atoms with van der Waals surface area (Å²) >= 11 is 0. The van der Waals surface area contributed by atoms with Gasteiger partial charge in [0.15, 0.2) is 0 Å². The van der Waals surface area contributed by atoms with Gasteiger partial charge in [-0.2, -0.15) is 0 Å². The Bertz CT molecular complexity index is 563. The van der Waals surface area contributed by atoms with Crippen molar-refractivity contribution in [3.8, 4) is 5.75 Å². The molecule has 1 aromatic rings. The molecular weight excluding hydrogens is 306 g/mol. The molecule has 1 saturated heterocycles. The number of hydrogen-bond acceptors (Lipinski definition) is 2. The summed E-state index contributed by atoms with van der Waals surface area (Å²) < 4.78 is 5.61. The van der Waals surface area contributed by atoms with Crippen molar-refractivity contribution in [2.75, 3.05) is 20.2 Å². The summed E-state index contributed by atoms with van der Waals surface area (Å²) in [5.74, 6) is 2.91. The first kappa shape index (κ1) is 17.4. The quantitative estimate of drug-likeness (QED) is 0.629. The van der Waals surface area contributed by atoms with Gasteiger partial charge in [0, 0.05) is 12.0 Å². The molecule has 0 unspecified atom stereocenters. The van der Waals surface area contributed by atoms with E-state index in [1.807, 2.05) is 7.11 Å². The summed E-state index contributed by atoms with van der Waals surface area (Å²) in [6.45, 7) is 2.63. The van der Waals surface area contributed by atoms with Gasteiger partial charge in [-0.05, 0) is 61.9 Å². The number of benzene rings is 1. The van der Waals surface area contributed by atoms with Crippen LogP contribution in [-0.4, -0.2) is 31.1 Å². The Hall–Kier alpha value is -1.02. The first-order chi connectivity index (χ1) is 12.4. The summed E-state index contributed by atoms with van der Waals surface area (Å²) in [7, 11) is 1.81. The average Bonchev–Trinajstić information content (AvgIpc) is 3.09. The number of nitrogens with zero attached hydrogens (tertiary/aromatic N) is 1. The number of fused-ring (bicyclic) bond motifs is 3. The van der Waals surface area contributed by atoms with Crippen molar-refractivity contribution >= 4 is 0 Å². The topological polar surface area (TPSA) is 12.5 Å². The van der Waals surface area contributed by atoms with Gasteiger partial charge in [0.1, 0.15) is 5.75 Å². The average molecular weight is 342 g/mol. The standard InChI is InChI=1S/C23H35NO/c1-25-23-12-7-11-19-20-15-17-24(22(20)14-13-21(19)23)16-6-5-10-18-8-3-2-4-9-18/h7,11-12,18,20,22H,2-6,8-10,13-17H2,1H3/t20-,22+/m1/s1. The Labute approximate surface area is 153 Å². The zero-order chi connectivity index (χ0) is 17.1. The number of ether oxygens (including phenoxy) is 1. The smallest absolute Gasteiger partial charge is 0.122 e. The Balaban J connectivity index is 1.29. The Morgan fingerprint density at radius 1 is 1.04 bits per heavy atom. The van der Waals surface area contributed by atoms with E-state index in [9.17, 15) is 0 Å². The van der Waals surface area contributed by atoms with Gasteiger partial charge in [0.05, 0.1) is 7.11 Å². The third kappa shape index (κ3) is 3.74. The molecule has 1 heterocycles.